The van der Waals surface area contributed by atoms with Crippen LogP contribution < -0.4 is 4.90 Å². The summed E-state index contributed by atoms with van der Waals surface area (Å²) >= 11 is 0. The molecular formula is C56H63N. The molecule has 1 nitrogen and oxygen atoms in total. The first-order chi connectivity index (χ1) is 26.9. The van der Waals surface area contributed by atoms with E-state index >= 15 is 0 Å². The van der Waals surface area contributed by atoms with Crippen molar-refractivity contribution >= 4 is 17.1 Å². The molecule has 0 N–H and O–H groups in total. The van der Waals surface area contributed by atoms with Gasteiger partial charge in [0.05, 0.1) is 0 Å². The van der Waals surface area contributed by atoms with Crippen LogP contribution in [0.5, 0.6) is 0 Å². The Hall–Kier alpha value is -4.10. The van der Waals surface area contributed by atoms with E-state index < -0.39 is 0 Å². The second-order valence-corrected chi connectivity index (χ2v) is 23.0. The molecule has 0 radical (unpaired) electrons. The van der Waals surface area contributed by atoms with E-state index in [-0.39, 0.29) is 27.1 Å². The average Bonchev–Trinajstić information content (AvgIpc) is 3.80. The van der Waals surface area contributed by atoms with Crippen molar-refractivity contribution in [2.45, 2.75) is 135 Å². The molecule has 6 atom stereocenters. The minimum atomic E-state index is 0.0830. The van der Waals surface area contributed by atoms with Gasteiger partial charge in [0, 0.05) is 22.5 Å². The molecule has 6 aliphatic carbocycles. The van der Waals surface area contributed by atoms with E-state index in [1.165, 1.54) is 100 Å². The summed E-state index contributed by atoms with van der Waals surface area (Å²) in [5.74, 6) is 3.38. The SMILES string of the molecule is CC(C)(C)c1cc(-c2ccc3c(c2)C2(c4cc(N(c5ccccc5)c5ccc6c(c5)C(C)(C)CCC6(C)C)ccc4-3)C3CC4CC5CC2C53C4)cc(C(C)(C)C)c1. The van der Waals surface area contributed by atoms with Crippen LogP contribution in [0.15, 0.2) is 103 Å². The zero-order chi connectivity index (χ0) is 39.7. The van der Waals surface area contributed by atoms with E-state index in [9.17, 15) is 0 Å². The second-order valence-electron chi connectivity index (χ2n) is 23.0. The van der Waals surface area contributed by atoms with Gasteiger partial charge in [-0.25, -0.2) is 0 Å². The van der Waals surface area contributed by atoms with Gasteiger partial charge in [-0.15, -0.1) is 0 Å². The van der Waals surface area contributed by atoms with Gasteiger partial charge in [-0.3, -0.25) is 0 Å². The molecule has 57 heavy (non-hydrogen) atoms. The van der Waals surface area contributed by atoms with E-state index in [4.69, 9.17) is 0 Å². The third-order valence-corrected chi connectivity index (χ3v) is 17.1. The summed E-state index contributed by atoms with van der Waals surface area (Å²) in [6.45, 7) is 24.0. The first-order valence-corrected chi connectivity index (χ1v) is 22.4. The molecule has 1 heteroatoms. The predicted molar refractivity (Wildman–Crippen MR) is 240 cm³/mol. The summed E-state index contributed by atoms with van der Waals surface area (Å²) in [5, 5.41) is 0. The molecule has 6 aliphatic rings. The van der Waals surface area contributed by atoms with Crippen molar-refractivity contribution in [3.05, 3.63) is 137 Å². The number of benzene rings is 5. The van der Waals surface area contributed by atoms with E-state index in [2.05, 4.69) is 177 Å². The molecule has 6 unspecified atom stereocenters. The number of para-hydroxylation sites is 1. The van der Waals surface area contributed by atoms with Crippen molar-refractivity contribution in [2.24, 2.45) is 29.1 Å². The van der Waals surface area contributed by atoms with Crippen LogP contribution >= 0.6 is 0 Å². The third-order valence-electron chi connectivity index (χ3n) is 17.1. The molecule has 5 aromatic rings. The summed E-state index contributed by atoms with van der Waals surface area (Å²) in [7, 11) is 0. The molecule has 4 fully saturated rings. The monoisotopic (exact) mass is 749 g/mol. The summed E-state index contributed by atoms with van der Waals surface area (Å²) in [6.07, 6.45) is 8.24. The van der Waals surface area contributed by atoms with Crippen LogP contribution in [0.2, 0.25) is 0 Å². The molecular weight excluding hydrogens is 687 g/mol. The molecule has 0 saturated heterocycles. The molecule has 0 aromatic heterocycles. The van der Waals surface area contributed by atoms with Crippen LogP contribution in [0, 0.1) is 29.1 Å². The molecule has 2 spiro atoms. The van der Waals surface area contributed by atoms with Gasteiger partial charge in [0.1, 0.15) is 0 Å². The number of anilines is 3. The zero-order valence-corrected chi connectivity index (χ0v) is 36.3. The summed E-state index contributed by atoms with van der Waals surface area (Å²) in [4.78, 5) is 2.57. The van der Waals surface area contributed by atoms with Crippen LogP contribution in [0.3, 0.4) is 0 Å². The standard InChI is InChI=1S/C56H63N/c1-51(2,3)37-26-36(27-38(29-37)52(4,5)6)35-16-19-43-44-20-17-41(31-47(44)56(46(43)28-35)49-25-34-24-39-30-50(56)55(39,49)33-34)57(40-14-12-11-13-15-40)42-18-21-45-48(32-42)54(9,10)23-22-53(45,7)8/h11-21,26-29,31-32,34,39,49-50H,22-25,30,33H2,1-10H3. The van der Waals surface area contributed by atoms with Gasteiger partial charge >= 0.3 is 0 Å². The number of hydrogen-bond acceptors (Lipinski definition) is 1. The lowest BCUT2D eigenvalue weighted by molar-refractivity contribution is -0.231. The third kappa shape index (κ3) is 4.75. The van der Waals surface area contributed by atoms with Crippen molar-refractivity contribution in [2.75, 3.05) is 4.90 Å². The molecule has 11 rings (SSSR count). The van der Waals surface area contributed by atoms with Crippen molar-refractivity contribution in [3.8, 4) is 22.3 Å². The zero-order valence-electron chi connectivity index (χ0n) is 36.3. The summed E-state index contributed by atoms with van der Waals surface area (Å²) in [5.41, 5.74) is 19.9. The number of hydrogen-bond donors (Lipinski definition) is 0. The minimum Gasteiger partial charge on any atom is -0.310 e. The molecule has 0 amide bonds. The highest BCUT2D eigenvalue weighted by Gasteiger charge is 2.84. The van der Waals surface area contributed by atoms with Crippen LogP contribution in [0.25, 0.3) is 22.3 Å². The fourth-order valence-corrected chi connectivity index (χ4v) is 14.1. The van der Waals surface area contributed by atoms with Gasteiger partial charge in [-0.05, 0) is 187 Å². The Morgan fingerprint density at radius 1 is 0.509 bits per heavy atom. The first kappa shape index (κ1) is 36.0. The minimum absolute atomic E-state index is 0.0830. The van der Waals surface area contributed by atoms with Gasteiger partial charge in [0.15, 0.2) is 0 Å². The maximum absolute atomic E-state index is 2.69. The summed E-state index contributed by atoms with van der Waals surface area (Å²) < 4.78 is 0. The fraction of sp³-hybridized carbons (Fsp3) is 0.464. The van der Waals surface area contributed by atoms with Gasteiger partial charge in [-0.2, -0.15) is 0 Å². The Bertz CT molecular complexity index is 2450. The van der Waals surface area contributed by atoms with Gasteiger partial charge in [0.25, 0.3) is 0 Å². The smallest absolute Gasteiger partial charge is 0.0465 e. The largest absolute Gasteiger partial charge is 0.310 e. The maximum atomic E-state index is 2.69. The van der Waals surface area contributed by atoms with Crippen LogP contribution in [0.4, 0.5) is 17.1 Å². The van der Waals surface area contributed by atoms with Crippen LogP contribution in [0.1, 0.15) is 141 Å². The van der Waals surface area contributed by atoms with Crippen molar-refractivity contribution in [1.82, 2.24) is 0 Å². The lowest BCUT2D eigenvalue weighted by Crippen LogP contribution is -2.73. The molecule has 4 saturated carbocycles. The topological polar surface area (TPSA) is 3.24 Å². The second kappa shape index (κ2) is 11.3. The Labute approximate surface area is 343 Å². The van der Waals surface area contributed by atoms with Crippen LogP contribution in [-0.4, -0.2) is 0 Å². The Kier molecular flexibility index (Phi) is 7.16. The quantitative estimate of drug-likeness (QED) is 0.177. The summed E-state index contributed by atoms with van der Waals surface area (Å²) in [6, 6.07) is 41.4. The molecule has 0 aliphatic heterocycles. The van der Waals surface area contributed by atoms with E-state index in [1.54, 1.807) is 11.1 Å². The van der Waals surface area contributed by atoms with E-state index in [1.807, 2.05) is 0 Å². The van der Waals surface area contributed by atoms with Crippen LogP contribution in [-0.2, 0) is 27.1 Å². The fourth-order valence-electron chi connectivity index (χ4n) is 14.1. The van der Waals surface area contributed by atoms with Gasteiger partial charge < -0.3 is 4.90 Å². The predicted octanol–water partition coefficient (Wildman–Crippen LogP) is 15.1. The lowest BCUT2D eigenvalue weighted by atomic mass is 9.27. The maximum Gasteiger partial charge on any atom is 0.0465 e. The normalized spacial score (nSPS) is 29.2. The van der Waals surface area contributed by atoms with E-state index in [0.29, 0.717) is 5.41 Å². The van der Waals surface area contributed by atoms with Crippen molar-refractivity contribution < 1.29 is 0 Å². The van der Waals surface area contributed by atoms with Crippen molar-refractivity contribution in [1.29, 1.82) is 0 Å². The van der Waals surface area contributed by atoms with E-state index in [0.717, 1.165) is 23.7 Å². The average molecular weight is 750 g/mol. The molecule has 2 bridgehead atoms. The molecule has 292 valence electrons. The first-order valence-electron chi connectivity index (χ1n) is 22.4. The number of rotatable bonds is 4. The Morgan fingerprint density at radius 2 is 1.09 bits per heavy atom. The van der Waals surface area contributed by atoms with Crippen molar-refractivity contribution in [3.63, 3.8) is 0 Å². The molecule has 5 aromatic carbocycles. The highest BCUT2D eigenvalue weighted by Crippen LogP contribution is 2.89. The molecule has 0 heterocycles. The Morgan fingerprint density at radius 3 is 1.74 bits per heavy atom. The number of fused-ring (bicyclic) bond motifs is 9. The van der Waals surface area contributed by atoms with Gasteiger partial charge in [0.2, 0.25) is 0 Å². The van der Waals surface area contributed by atoms with Gasteiger partial charge in [-0.1, -0.05) is 130 Å². The number of nitrogens with zero attached hydrogens (tertiary/aromatic N) is 1. The lowest BCUT2D eigenvalue weighted by Gasteiger charge is -2.76. The highest BCUT2D eigenvalue weighted by atomic mass is 15.1. The highest BCUT2D eigenvalue weighted by molar-refractivity contribution is 5.89. The Balaban J connectivity index is 1.10.